The second-order valence-corrected chi connectivity index (χ2v) is 9.07. The fraction of sp³-hybridized carbons (Fsp3) is 0.500. The average Bonchev–Trinajstić information content (AvgIpc) is 2.73. The Kier molecular flexibility index (Phi) is 4.08. The minimum absolute atomic E-state index is 0.350. The third-order valence-electron chi connectivity index (χ3n) is 7.28. The van der Waals surface area contributed by atoms with Gasteiger partial charge in [0, 0.05) is 19.8 Å². The maximum absolute atomic E-state index is 12.4. The van der Waals surface area contributed by atoms with Gasteiger partial charge in [-0.3, -0.25) is 9.59 Å². The van der Waals surface area contributed by atoms with E-state index < -0.39 is 53.7 Å². The molecule has 4 fully saturated rings. The molecule has 6 atom stereocenters. The number of aliphatic hydroxyl groups is 1. The Balaban J connectivity index is 1.54. The normalized spacial score (nSPS) is 35.7. The van der Waals surface area contributed by atoms with Crippen molar-refractivity contribution in [3.63, 3.8) is 0 Å². The lowest BCUT2D eigenvalue weighted by Gasteiger charge is -2.66. The smallest absolute Gasteiger partial charge is 0.323 e. The van der Waals surface area contributed by atoms with Gasteiger partial charge in [-0.25, -0.2) is 0 Å². The molecular weight excluding hydrogens is 416 g/mol. The molecule has 2 saturated carbocycles. The maximum Gasteiger partial charge on any atom is 0.323 e. The van der Waals surface area contributed by atoms with Crippen molar-refractivity contribution in [3.8, 4) is 11.5 Å². The fourth-order valence-corrected chi connectivity index (χ4v) is 6.19. The summed E-state index contributed by atoms with van der Waals surface area (Å²) in [7, 11) is 0. The molecule has 7 rings (SSSR count). The van der Waals surface area contributed by atoms with E-state index in [-0.39, 0.29) is 0 Å². The van der Waals surface area contributed by atoms with Crippen LogP contribution in [0, 0.1) is 5.92 Å². The Hall–Kier alpha value is -2.84. The van der Waals surface area contributed by atoms with Crippen molar-refractivity contribution in [1.82, 2.24) is 0 Å². The molecule has 1 N–H and O–H groups in total. The molecule has 2 aromatic carbocycles. The molecule has 5 aliphatic rings. The van der Waals surface area contributed by atoms with E-state index in [0.717, 1.165) is 10.8 Å². The van der Waals surface area contributed by atoms with Crippen molar-refractivity contribution in [3.05, 3.63) is 36.4 Å². The van der Waals surface area contributed by atoms with Gasteiger partial charge in [-0.15, -0.1) is 0 Å². The van der Waals surface area contributed by atoms with Gasteiger partial charge >= 0.3 is 17.7 Å². The summed E-state index contributed by atoms with van der Waals surface area (Å²) in [6.07, 6.45) is -1.35. The van der Waals surface area contributed by atoms with Crippen molar-refractivity contribution >= 4 is 22.7 Å². The largest absolute Gasteiger partial charge is 0.462 e. The van der Waals surface area contributed by atoms with E-state index >= 15 is 0 Å². The van der Waals surface area contributed by atoms with Crippen LogP contribution in [0.1, 0.15) is 33.1 Å². The van der Waals surface area contributed by atoms with Gasteiger partial charge in [0.1, 0.15) is 23.7 Å². The monoisotopic (exact) mass is 440 g/mol. The zero-order valence-corrected chi connectivity index (χ0v) is 17.8. The van der Waals surface area contributed by atoms with Gasteiger partial charge in [-0.2, -0.15) is 0 Å². The van der Waals surface area contributed by atoms with E-state index in [1.165, 1.54) is 13.8 Å². The Morgan fingerprint density at radius 1 is 1.00 bits per heavy atom. The van der Waals surface area contributed by atoms with Crippen molar-refractivity contribution in [1.29, 1.82) is 0 Å². The first kappa shape index (κ1) is 19.8. The number of carbonyl (C=O) groups excluding carboxylic acids is 2. The van der Waals surface area contributed by atoms with Gasteiger partial charge in [0.05, 0.1) is 11.5 Å². The van der Waals surface area contributed by atoms with Gasteiger partial charge in [0.2, 0.25) is 6.10 Å². The topological polar surface area (TPSA) is 101 Å². The summed E-state index contributed by atoms with van der Waals surface area (Å²) in [6.45, 7) is 2.66. The molecule has 3 heterocycles. The van der Waals surface area contributed by atoms with Crippen molar-refractivity contribution in [2.45, 2.75) is 68.9 Å². The van der Waals surface area contributed by atoms with E-state index in [1.54, 1.807) is 0 Å². The first-order valence-electron chi connectivity index (χ1n) is 11.0. The number of esters is 2. The molecule has 0 radical (unpaired) electrons. The van der Waals surface area contributed by atoms with Crippen LogP contribution >= 0.6 is 0 Å². The van der Waals surface area contributed by atoms with Crippen LogP contribution in [0.4, 0.5) is 0 Å². The van der Waals surface area contributed by atoms with Crippen LogP contribution in [0.2, 0.25) is 0 Å². The number of hydrogen-bond acceptors (Lipinski definition) is 8. The lowest BCUT2D eigenvalue weighted by molar-refractivity contribution is -0.423. The molecule has 0 amide bonds. The summed E-state index contributed by atoms with van der Waals surface area (Å²) in [5.74, 6) is -2.11. The predicted octanol–water partition coefficient (Wildman–Crippen LogP) is 2.48. The minimum atomic E-state index is -1.74. The highest BCUT2D eigenvalue weighted by molar-refractivity contribution is 5.94. The third-order valence-corrected chi connectivity index (χ3v) is 7.28. The molecule has 1 spiro atoms. The van der Waals surface area contributed by atoms with E-state index in [2.05, 4.69) is 0 Å². The Morgan fingerprint density at radius 3 is 2.28 bits per heavy atom. The number of carbonyl (C=O) groups is 2. The second-order valence-electron chi connectivity index (χ2n) is 9.07. The average molecular weight is 440 g/mol. The number of benzene rings is 2. The Morgan fingerprint density at radius 2 is 1.66 bits per heavy atom. The van der Waals surface area contributed by atoms with Crippen LogP contribution in [0.15, 0.2) is 36.4 Å². The van der Waals surface area contributed by atoms with Gasteiger partial charge in [-0.1, -0.05) is 24.3 Å². The molecule has 8 nitrogen and oxygen atoms in total. The van der Waals surface area contributed by atoms with Gasteiger partial charge in [0.25, 0.3) is 0 Å². The molecule has 2 aliphatic carbocycles. The number of rotatable bonds is 2. The van der Waals surface area contributed by atoms with Crippen LogP contribution in [-0.4, -0.2) is 52.8 Å². The van der Waals surface area contributed by atoms with Crippen LogP contribution in [0.25, 0.3) is 10.8 Å². The number of ether oxygens (including phenoxy) is 5. The van der Waals surface area contributed by atoms with E-state index in [9.17, 15) is 14.7 Å². The number of hydrogen-bond donors (Lipinski definition) is 1. The summed E-state index contributed by atoms with van der Waals surface area (Å²) >= 11 is 0. The molecule has 0 unspecified atom stereocenters. The van der Waals surface area contributed by atoms with Crippen molar-refractivity contribution < 1.29 is 38.4 Å². The molecule has 32 heavy (non-hydrogen) atoms. The molecule has 0 aromatic heterocycles. The molecule has 168 valence electrons. The summed E-state index contributed by atoms with van der Waals surface area (Å²) in [6, 6.07) is 11.3. The zero-order valence-electron chi connectivity index (χ0n) is 17.8. The standard InChI is InChI=1S/C24H24O8/c1-12(25)28-16-9-10-20-23(27)15(16)11-19(30-20)22(29-13(2)26)24(23)31-17-7-3-5-14-6-4-8-18(32-24)21(14)17/h3-8,15-16,19-20,22,27H,9-11H2,1-2H3/t15-,16-,19+,20-,22+,23+/m0/s1. The van der Waals surface area contributed by atoms with Gasteiger partial charge < -0.3 is 28.8 Å². The zero-order chi connectivity index (χ0) is 22.3. The predicted molar refractivity (Wildman–Crippen MR) is 110 cm³/mol. The lowest BCUT2D eigenvalue weighted by atomic mass is 9.57. The first-order valence-corrected chi connectivity index (χ1v) is 11.0. The highest BCUT2D eigenvalue weighted by Gasteiger charge is 2.80. The van der Waals surface area contributed by atoms with E-state index in [0.29, 0.717) is 30.8 Å². The van der Waals surface area contributed by atoms with E-state index in [1.807, 2.05) is 36.4 Å². The molecule has 2 aromatic rings. The van der Waals surface area contributed by atoms with Crippen molar-refractivity contribution in [2.24, 2.45) is 5.92 Å². The van der Waals surface area contributed by atoms with Crippen LogP contribution in [-0.2, 0) is 23.8 Å². The Labute approximate surface area is 184 Å². The van der Waals surface area contributed by atoms with Crippen molar-refractivity contribution in [2.75, 3.05) is 0 Å². The highest BCUT2D eigenvalue weighted by atomic mass is 16.8. The molecule has 8 heteroatoms. The summed E-state index contributed by atoms with van der Waals surface area (Å²) in [5, 5.41) is 14.1. The van der Waals surface area contributed by atoms with Crippen LogP contribution in [0.5, 0.6) is 11.5 Å². The molecule has 2 saturated heterocycles. The van der Waals surface area contributed by atoms with Gasteiger partial charge in [-0.05, 0) is 36.8 Å². The van der Waals surface area contributed by atoms with Crippen LogP contribution < -0.4 is 9.47 Å². The summed E-state index contributed by atoms with van der Waals surface area (Å²) < 4.78 is 30.5. The fourth-order valence-electron chi connectivity index (χ4n) is 6.19. The van der Waals surface area contributed by atoms with E-state index in [4.69, 9.17) is 23.7 Å². The minimum Gasteiger partial charge on any atom is -0.462 e. The second kappa shape index (κ2) is 6.59. The lowest BCUT2D eigenvalue weighted by Crippen LogP contribution is -2.87. The quantitative estimate of drug-likeness (QED) is 0.711. The Bertz CT molecular complexity index is 1090. The third kappa shape index (κ3) is 2.45. The highest BCUT2D eigenvalue weighted by Crippen LogP contribution is 2.60. The molecule has 3 aliphatic heterocycles. The first-order chi connectivity index (χ1) is 15.3. The summed E-state index contributed by atoms with van der Waals surface area (Å²) in [4.78, 5) is 23.9. The molecule has 4 bridgehead atoms. The summed E-state index contributed by atoms with van der Waals surface area (Å²) in [5.41, 5.74) is -1.71. The molecular formula is C24H24O8. The van der Waals surface area contributed by atoms with Crippen LogP contribution in [0.3, 0.4) is 0 Å². The SMILES string of the molecule is CC(=O)O[C@H]1CC[C@@H]2O[C@@H]3C[C@@H]1[C@]2(O)C1(Oc2cccc4cccc(c24)O1)[C@@H]3OC(C)=O. The van der Waals surface area contributed by atoms with Gasteiger partial charge in [0.15, 0.2) is 5.60 Å². The maximum atomic E-state index is 12.4.